The number of ether oxygens (including phenoxy) is 3. The van der Waals surface area contributed by atoms with Crippen molar-refractivity contribution < 1.29 is 32.7 Å². The van der Waals surface area contributed by atoms with Crippen LogP contribution in [0.2, 0.25) is 36.3 Å². The van der Waals surface area contributed by atoms with Gasteiger partial charge in [0.1, 0.15) is 18.3 Å². The highest BCUT2D eigenvalue weighted by atomic mass is 28.4. The van der Waals surface area contributed by atoms with Gasteiger partial charge in [0.25, 0.3) is 0 Å². The normalized spacial score (nSPS) is 34.5. The van der Waals surface area contributed by atoms with Crippen molar-refractivity contribution in [1.29, 1.82) is 0 Å². The zero-order valence-corrected chi connectivity index (χ0v) is 25.8. The molecule has 0 aliphatic carbocycles. The first-order valence-electron chi connectivity index (χ1n) is 12.8. The lowest BCUT2D eigenvalue weighted by Crippen LogP contribution is -2.67. The van der Waals surface area contributed by atoms with Crippen LogP contribution in [0.5, 0.6) is 0 Å². The molecule has 0 unspecified atom stereocenters. The quantitative estimate of drug-likeness (QED) is 0.525. The highest BCUT2D eigenvalue weighted by Gasteiger charge is 2.66. The number of Topliss-reactive ketones (excluding diaryl/α,β-unsaturated/α-hetero) is 1. The van der Waals surface area contributed by atoms with E-state index in [1.165, 1.54) is 0 Å². The van der Waals surface area contributed by atoms with Gasteiger partial charge >= 0.3 is 0 Å². The fourth-order valence-corrected chi connectivity index (χ4v) is 7.19. The second-order valence-corrected chi connectivity index (χ2v) is 23.3. The van der Waals surface area contributed by atoms with Crippen molar-refractivity contribution in [3.05, 3.63) is 0 Å². The van der Waals surface area contributed by atoms with E-state index in [0.717, 1.165) is 0 Å². The van der Waals surface area contributed by atoms with E-state index < -0.39 is 52.6 Å². The van der Waals surface area contributed by atoms with Crippen LogP contribution < -0.4 is 5.32 Å². The monoisotopic (exact) mass is 529 g/mol. The zero-order valence-electron chi connectivity index (χ0n) is 23.8. The van der Waals surface area contributed by atoms with Crippen molar-refractivity contribution in [3.63, 3.8) is 0 Å². The first-order valence-corrected chi connectivity index (χ1v) is 18.6. The van der Waals surface area contributed by atoms with Crippen molar-refractivity contribution in [3.8, 4) is 0 Å². The maximum Gasteiger partial charge on any atom is 0.220 e. The van der Waals surface area contributed by atoms with E-state index in [9.17, 15) is 9.59 Å². The highest BCUT2D eigenvalue weighted by molar-refractivity contribution is 6.74. The van der Waals surface area contributed by atoms with Gasteiger partial charge in [-0.2, -0.15) is 0 Å². The maximum atomic E-state index is 13.9. The SMILES string of the molecule is CC1(C)O[C@H]2O[C@H]([C@]3(O[Si](C)(C)C(C)(C)C)CNC(=O)CCC3=O)[C@H](O[Si](C)(C)C(C)(C)C)[C@H]2O1. The summed E-state index contributed by atoms with van der Waals surface area (Å²) in [5, 5.41) is 2.72. The van der Waals surface area contributed by atoms with Crippen molar-refractivity contribution >= 4 is 28.3 Å². The predicted molar refractivity (Wildman–Crippen MR) is 139 cm³/mol. The standard InChI is InChI=1S/C25H47NO7Si2/c1-22(2,3)34(9,10)32-18-19-21(31-24(7,8)30-19)29-20(18)25(33-35(11,12)23(4,5)6)15-26-17(28)14-13-16(25)27/h18-21H,13-15H2,1-12H3,(H,26,28)/t18-,19-,20+,21-,25+/m1/s1. The largest absolute Gasteiger partial charge is 0.408 e. The summed E-state index contributed by atoms with van der Waals surface area (Å²) in [6, 6.07) is 0. The molecule has 3 heterocycles. The molecule has 10 heteroatoms. The maximum absolute atomic E-state index is 13.9. The van der Waals surface area contributed by atoms with Gasteiger partial charge in [0.2, 0.25) is 5.91 Å². The summed E-state index contributed by atoms with van der Waals surface area (Å²) in [7, 11) is -4.80. The molecule has 0 bridgehead atoms. The molecule has 202 valence electrons. The molecule has 3 fully saturated rings. The van der Waals surface area contributed by atoms with Crippen molar-refractivity contribution in [2.24, 2.45) is 0 Å². The Morgan fingerprint density at radius 1 is 0.914 bits per heavy atom. The molecule has 0 aromatic heterocycles. The Morgan fingerprint density at radius 2 is 1.49 bits per heavy atom. The van der Waals surface area contributed by atoms with Crippen LogP contribution in [0.4, 0.5) is 0 Å². The first-order chi connectivity index (χ1) is 15.6. The molecule has 35 heavy (non-hydrogen) atoms. The minimum absolute atomic E-state index is 0.0437. The van der Waals surface area contributed by atoms with E-state index in [4.69, 9.17) is 23.1 Å². The third-order valence-corrected chi connectivity index (χ3v) is 17.5. The molecular formula is C25H47NO7Si2. The van der Waals surface area contributed by atoms with Gasteiger partial charge in [0.05, 0.1) is 6.54 Å². The minimum atomic E-state index is -2.49. The molecule has 0 spiro atoms. The van der Waals surface area contributed by atoms with E-state index in [-0.39, 0.29) is 41.2 Å². The molecule has 8 nitrogen and oxygen atoms in total. The lowest BCUT2D eigenvalue weighted by molar-refractivity contribution is -0.233. The van der Waals surface area contributed by atoms with E-state index in [2.05, 4.69) is 73.0 Å². The summed E-state index contributed by atoms with van der Waals surface area (Å²) in [6.45, 7) is 25.3. The van der Waals surface area contributed by atoms with Gasteiger partial charge < -0.3 is 28.4 Å². The average molecular weight is 530 g/mol. The van der Waals surface area contributed by atoms with Gasteiger partial charge in [0.15, 0.2) is 40.1 Å². The number of rotatable bonds is 5. The molecule has 0 aromatic rings. The van der Waals surface area contributed by atoms with Gasteiger partial charge in [-0.25, -0.2) is 0 Å². The van der Waals surface area contributed by atoms with E-state index in [1.807, 2.05) is 13.8 Å². The molecule has 1 amide bonds. The van der Waals surface area contributed by atoms with Crippen molar-refractivity contribution in [2.45, 2.75) is 140 Å². The van der Waals surface area contributed by atoms with Crippen LogP contribution >= 0.6 is 0 Å². The van der Waals surface area contributed by atoms with Crippen LogP contribution in [-0.4, -0.2) is 70.9 Å². The molecule has 0 radical (unpaired) electrons. The van der Waals surface area contributed by atoms with E-state index in [1.54, 1.807) is 0 Å². The summed E-state index contributed by atoms with van der Waals surface area (Å²) in [5.41, 5.74) is -1.39. The van der Waals surface area contributed by atoms with Crippen LogP contribution in [0.1, 0.15) is 68.2 Å². The second kappa shape index (κ2) is 8.99. The summed E-state index contributed by atoms with van der Waals surface area (Å²) in [6.07, 6.45) is -2.31. The fourth-order valence-electron chi connectivity index (χ4n) is 4.37. The molecular weight excluding hydrogens is 482 g/mol. The topological polar surface area (TPSA) is 92.3 Å². The number of fused-ring (bicyclic) bond motifs is 1. The molecule has 0 aromatic carbocycles. The summed E-state index contributed by atoms with van der Waals surface area (Å²) < 4.78 is 32.9. The smallest absolute Gasteiger partial charge is 0.220 e. The highest BCUT2D eigenvalue weighted by Crippen LogP contribution is 2.49. The van der Waals surface area contributed by atoms with Crippen LogP contribution in [0.25, 0.3) is 0 Å². The van der Waals surface area contributed by atoms with Gasteiger partial charge in [-0.05, 0) is 50.1 Å². The van der Waals surface area contributed by atoms with Crippen LogP contribution in [0.3, 0.4) is 0 Å². The summed E-state index contributed by atoms with van der Waals surface area (Å²) in [4.78, 5) is 26.3. The van der Waals surface area contributed by atoms with Gasteiger partial charge in [0, 0.05) is 12.8 Å². The van der Waals surface area contributed by atoms with Gasteiger partial charge in [-0.1, -0.05) is 41.5 Å². The van der Waals surface area contributed by atoms with Crippen LogP contribution in [-0.2, 0) is 32.7 Å². The third kappa shape index (κ3) is 5.49. The second-order valence-electron chi connectivity index (χ2n) is 13.8. The molecule has 3 aliphatic rings. The number of ketones is 1. The van der Waals surface area contributed by atoms with Crippen LogP contribution in [0, 0.1) is 0 Å². The molecule has 0 saturated carbocycles. The number of hydrogen-bond acceptors (Lipinski definition) is 7. The Labute approximate surface area is 213 Å². The molecule has 3 rings (SSSR count). The van der Waals surface area contributed by atoms with E-state index >= 15 is 0 Å². The number of nitrogens with one attached hydrogen (secondary N) is 1. The Balaban J connectivity index is 2.12. The average Bonchev–Trinajstić information content (AvgIpc) is 3.08. The Morgan fingerprint density at radius 3 is 2.03 bits per heavy atom. The Kier molecular flexibility index (Phi) is 7.43. The molecule has 3 aliphatic heterocycles. The predicted octanol–water partition coefficient (Wildman–Crippen LogP) is 4.49. The Hall–Kier alpha value is -0.626. The zero-order chi connectivity index (χ0) is 26.8. The lowest BCUT2D eigenvalue weighted by atomic mass is 9.86. The van der Waals surface area contributed by atoms with Crippen molar-refractivity contribution in [2.75, 3.05) is 6.54 Å². The van der Waals surface area contributed by atoms with Gasteiger partial charge in [-0.15, -0.1) is 0 Å². The van der Waals surface area contributed by atoms with E-state index in [0.29, 0.717) is 0 Å². The van der Waals surface area contributed by atoms with Gasteiger partial charge in [-0.3, -0.25) is 9.59 Å². The number of carbonyl (C=O) groups excluding carboxylic acids is 2. The molecule has 5 atom stereocenters. The third-order valence-electron chi connectivity index (χ3n) is 8.53. The lowest BCUT2D eigenvalue weighted by Gasteiger charge is -2.49. The summed E-state index contributed by atoms with van der Waals surface area (Å²) >= 11 is 0. The fraction of sp³-hybridized carbons (Fsp3) is 0.920. The van der Waals surface area contributed by atoms with Crippen molar-refractivity contribution in [1.82, 2.24) is 5.32 Å². The summed E-state index contributed by atoms with van der Waals surface area (Å²) in [5.74, 6) is -1.12. The molecule has 3 saturated heterocycles. The number of amides is 1. The van der Waals surface area contributed by atoms with Crippen LogP contribution in [0.15, 0.2) is 0 Å². The number of carbonyl (C=O) groups is 2. The first kappa shape index (κ1) is 28.9. The number of hydrogen-bond donors (Lipinski definition) is 1. The Bertz CT molecular complexity index is 846. The minimum Gasteiger partial charge on any atom is -0.408 e. The molecule has 1 N–H and O–H groups in total.